The molecule has 0 fully saturated rings. The molecular weight excluding hydrogens is 208 g/mol. The van der Waals surface area contributed by atoms with E-state index in [1.165, 1.54) is 0 Å². The van der Waals surface area contributed by atoms with Gasteiger partial charge < -0.3 is 5.11 Å². The summed E-state index contributed by atoms with van der Waals surface area (Å²) in [6, 6.07) is 7.20. The van der Waals surface area contributed by atoms with Crippen molar-refractivity contribution in [2.24, 2.45) is 0 Å². The molecule has 1 N–H and O–H groups in total. The second-order valence-corrected chi connectivity index (χ2v) is 4.92. The molecule has 0 spiro atoms. The van der Waals surface area contributed by atoms with E-state index < -0.39 is 5.97 Å². The molecule has 0 amide bonds. The fraction of sp³-hybridized carbons (Fsp3) is 0.417. The third kappa shape index (κ3) is 3.59. The summed E-state index contributed by atoms with van der Waals surface area (Å²) in [4.78, 5) is 10.9. The van der Waals surface area contributed by atoms with Gasteiger partial charge in [-0.25, -0.2) is 4.79 Å². The maximum Gasteiger partial charge on any atom is 0.335 e. The average molecular weight is 224 g/mol. The Kier molecular flexibility index (Phi) is 4.69. The highest BCUT2D eigenvalue weighted by atomic mass is 32.2. The van der Waals surface area contributed by atoms with Crippen molar-refractivity contribution in [1.29, 1.82) is 0 Å². The summed E-state index contributed by atoms with van der Waals surface area (Å²) >= 11 is 1.80. The van der Waals surface area contributed by atoms with Gasteiger partial charge in [-0.3, -0.25) is 0 Å². The van der Waals surface area contributed by atoms with Crippen LogP contribution in [0.2, 0.25) is 0 Å². The first-order chi connectivity index (χ1) is 7.15. The Balaban J connectivity index is 2.72. The molecule has 0 aromatic heterocycles. The predicted octanol–water partition coefficient (Wildman–Crippen LogP) is 3.42. The zero-order valence-electron chi connectivity index (χ0n) is 9.06. The summed E-state index contributed by atoms with van der Waals surface area (Å²) in [5, 5.41) is 9.55. The Morgan fingerprint density at radius 3 is 2.73 bits per heavy atom. The SMILES string of the molecule is CCC(C)SCc1ccccc1C(=O)O. The molecule has 2 nitrogen and oxygen atoms in total. The summed E-state index contributed by atoms with van der Waals surface area (Å²) in [6.45, 7) is 4.30. The third-order valence-corrected chi connectivity index (χ3v) is 3.73. The van der Waals surface area contributed by atoms with Gasteiger partial charge in [0.2, 0.25) is 0 Å². The van der Waals surface area contributed by atoms with E-state index in [0.29, 0.717) is 10.8 Å². The van der Waals surface area contributed by atoms with E-state index in [9.17, 15) is 4.79 Å². The number of hydrogen-bond donors (Lipinski definition) is 1. The monoisotopic (exact) mass is 224 g/mol. The van der Waals surface area contributed by atoms with Crippen molar-refractivity contribution in [1.82, 2.24) is 0 Å². The van der Waals surface area contributed by atoms with Gasteiger partial charge in [0.1, 0.15) is 0 Å². The van der Waals surface area contributed by atoms with Crippen LogP contribution in [-0.4, -0.2) is 16.3 Å². The van der Waals surface area contributed by atoms with Crippen molar-refractivity contribution >= 4 is 17.7 Å². The molecule has 1 rings (SSSR count). The van der Waals surface area contributed by atoms with Gasteiger partial charge in [0.25, 0.3) is 0 Å². The van der Waals surface area contributed by atoms with E-state index in [1.54, 1.807) is 23.9 Å². The average Bonchev–Trinajstić information content (AvgIpc) is 2.26. The number of carbonyl (C=O) groups is 1. The Bertz CT molecular complexity index is 336. The third-order valence-electron chi connectivity index (χ3n) is 2.35. The number of rotatable bonds is 5. The van der Waals surface area contributed by atoms with E-state index >= 15 is 0 Å². The van der Waals surface area contributed by atoms with Crippen molar-refractivity contribution < 1.29 is 9.90 Å². The fourth-order valence-electron chi connectivity index (χ4n) is 1.20. The Morgan fingerprint density at radius 2 is 2.13 bits per heavy atom. The molecule has 82 valence electrons. The number of carboxylic acid groups (broad SMARTS) is 1. The molecule has 0 saturated carbocycles. The molecule has 1 unspecified atom stereocenters. The lowest BCUT2D eigenvalue weighted by Crippen LogP contribution is -2.02. The van der Waals surface area contributed by atoms with Crippen LogP contribution in [0.25, 0.3) is 0 Å². The van der Waals surface area contributed by atoms with Crippen molar-refractivity contribution in [3.05, 3.63) is 35.4 Å². The summed E-state index contributed by atoms with van der Waals surface area (Å²) in [7, 11) is 0. The highest BCUT2D eigenvalue weighted by molar-refractivity contribution is 7.99. The molecule has 0 aliphatic rings. The second-order valence-electron chi connectivity index (χ2n) is 3.49. The van der Waals surface area contributed by atoms with Crippen LogP contribution in [-0.2, 0) is 5.75 Å². The fourth-order valence-corrected chi connectivity index (χ4v) is 2.16. The van der Waals surface area contributed by atoms with Crippen LogP contribution in [0.3, 0.4) is 0 Å². The quantitative estimate of drug-likeness (QED) is 0.832. The number of hydrogen-bond acceptors (Lipinski definition) is 2. The molecule has 0 aliphatic heterocycles. The van der Waals surface area contributed by atoms with Crippen molar-refractivity contribution in [2.45, 2.75) is 31.3 Å². The first-order valence-electron chi connectivity index (χ1n) is 5.08. The zero-order valence-corrected chi connectivity index (χ0v) is 9.88. The van der Waals surface area contributed by atoms with Crippen LogP contribution in [0.1, 0.15) is 36.2 Å². The van der Waals surface area contributed by atoms with Crippen molar-refractivity contribution in [3.63, 3.8) is 0 Å². The standard InChI is InChI=1S/C12H16O2S/c1-3-9(2)15-8-10-6-4-5-7-11(10)12(13)14/h4-7,9H,3,8H2,1-2H3,(H,13,14). The van der Waals surface area contributed by atoms with Crippen LogP contribution in [0.15, 0.2) is 24.3 Å². The molecule has 0 saturated heterocycles. The minimum Gasteiger partial charge on any atom is -0.478 e. The summed E-state index contributed by atoms with van der Waals surface area (Å²) in [5.41, 5.74) is 1.34. The topological polar surface area (TPSA) is 37.3 Å². The minimum atomic E-state index is -0.838. The van der Waals surface area contributed by atoms with Crippen LogP contribution in [0.5, 0.6) is 0 Å². The van der Waals surface area contributed by atoms with E-state index in [-0.39, 0.29) is 0 Å². The minimum absolute atomic E-state index is 0.424. The molecule has 3 heteroatoms. The van der Waals surface area contributed by atoms with Crippen LogP contribution in [0.4, 0.5) is 0 Å². The second kappa shape index (κ2) is 5.81. The Hall–Kier alpha value is -0.960. The Labute approximate surface area is 94.7 Å². The van der Waals surface area contributed by atoms with E-state index in [2.05, 4.69) is 13.8 Å². The van der Waals surface area contributed by atoms with Crippen LogP contribution < -0.4 is 0 Å². The van der Waals surface area contributed by atoms with Gasteiger partial charge in [-0.15, -0.1) is 0 Å². The van der Waals surface area contributed by atoms with Crippen LogP contribution >= 0.6 is 11.8 Å². The van der Waals surface area contributed by atoms with Gasteiger partial charge in [0.15, 0.2) is 0 Å². The number of benzene rings is 1. The lowest BCUT2D eigenvalue weighted by Gasteiger charge is -2.09. The molecule has 0 heterocycles. The largest absolute Gasteiger partial charge is 0.478 e. The van der Waals surface area contributed by atoms with E-state index in [1.807, 2.05) is 12.1 Å². The summed E-state index contributed by atoms with van der Waals surface area (Å²) < 4.78 is 0. The maximum absolute atomic E-state index is 10.9. The Morgan fingerprint density at radius 1 is 1.47 bits per heavy atom. The lowest BCUT2D eigenvalue weighted by atomic mass is 10.1. The van der Waals surface area contributed by atoms with Gasteiger partial charge in [-0.1, -0.05) is 32.0 Å². The zero-order chi connectivity index (χ0) is 11.3. The highest BCUT2D eigenvalue weighted by Gasteiger charge is 2.09. The molecule has 0 radical (unpaired) electrons. The molecule has 1 aromatic rings. The first kappa shape index (κ1) is 12.1. The smallest absolute Gasteiger partial charge is 0.335 e. The first-order valence-corrected chi connectivity index (χ1v) is 6.12. The number of thioether (sulfide) groups is 1. The number of carboxylic acids is 1. The van der Waals surface area contributed by atoms with Gasteiger partial charge in [0, 0.05) is 11.0 Å². The molecule has 1 aromatic carbocycles. The van der Waals surface area contributed by atoms with Crippen LogP contribution in [0, 0.1) is 0 Å². The summed E-state index contributed by atoms with van der Waals surface area (Å²) in [5.74, 6) is -0.0624. The lowest BCUT2D eigenvalue weighted by molar-refractivity contribution is 0.0696. The van der Waals surface area contributed by atoms with Gasteiger partial charge in [-0.2, -0.15) is 11.8 Å². The van der Waals surface area contributed by atoms with E-state index in [0.717, 1.165) is 17.7 Å². The van der Waals surface area contributed by atoms with Gasteiger partial charge >= 0.3 is 5.97 Å². The van der Waals surface area contributed by atoms with Crippen molar-refractivity contribution in [3.8, 4) is 0 Å². The van der Waals surface area contributed by atoms with Gasteiger partial charge in [0.05, 0.1) is 5.56 Å². The molecule has 0 bridgehead atoms. The summed E-state index contributed by atoms with van der Waals surface area (Å²) in [6.07, 6.45) is 1.11. The molecule has 15 heavy (non-hydrogen) atoms. The normalized spacial score (nSPS) is 12.4. The highest BCUT2D eigenvalue weighted by Crippen LogP contribution is 2.21. The van der Waals surface area contributed by atoms with Crippen molar-refractivity contribution in [2.75, 3.05) is 0 Å². The maximum atomic E-state index is 10.9. The molecule has 1 atom stereocenters. The van der Waals surface area contributed by atoms with Gasteiger partial charge in [-0.05, 0) is 18.1 Å². The number of aromatic carboxylic acids is 1. The van der Waals surface area contributed by atoms with E-state index in [4.69, 9.17) is 5.11 Å². The predicted molar refractivity (Wildman–Crippen MR) is 64.4 cm³/mol. The molecular formula is C12H16O2S. The molecule has 0 aliphatic carbocycles.